The number of hydrogen-bond donors (Lipinski definition) is 2. The van der Waals surface area contributed by atoms with Crippen molar-refractivity contribution in [2.75, 3.05) is 24.3 Å². The molecule has 0 fully saturated rings. The van der Waals surface area contributed by atoms with Gasteiger partial charge in [0.1, 0.15) is 0 Å². The van der Waals surface area contributed by atoms with Crippen LogP contribution in [0.1, 0.15) is 33.1 Å². The molecule has 1 aromatic rings. The van der Waals surface area contributed by atoms with Crippen molar-refractivity contribution in [3.05, 3.63) is 22.7 Å². The summed E-state index contributed by atoms with van der Waals surface area (Å²) in [6.45, 7) is 3.96. The van der Waals surface area contributed by atoms with E-state index >= 15 is 0 Å². The predicted molar refractivity (Wildman–Crippen MR) is 93.8 cm³/mol. The molecule has 2 atom stereocenters. The van der Waals surface area contributed by atoms with E-state index in [0.717, 1.165) is 35.1 Å². The number of carbonyl (C=O) groups is 1. The Labute approximate surface area is 136 Å². The zero-order valence-corrected chi connectivity index (χ0v) is 14.9. The number of carbonyl (C=O) groups excluding carboxylic acids is 1. The molecule has 0 aliphatic rings. The molecular weight excluding hydrogens is 330 g/mol. The van der Waals surface area contributed by atoms with Crippen molar-refractivity contribution < 1.29 is 4.79 Å². The van der Waals surface area contributed by atoms with Gasteiger partial charge in [0.05, 0.1) is 11.4 Å². The van der Waals surface area contributed by atoms with Crippen LogP contribution in [0.15, 0.2) is 22.7 Å². The molecule has 1 aromatic carbocycles. The van der Waals surface area contributed by atoms with Crippen molar-refractivity contribution >= 4 is 33.2 Å². The van der Waals surface area contributed by atoms with Crippen molar-refractivity contribution in [1.82, 2.24) is 0 Å². The molecule has 3 N–H and O–H groups in total. The number of nitrogens with one attached hydrogen (secondary N) is 1. The number of hydrogen-bond acceptors (Lipinski definition) is 3. The minimum absolute atomic E-state index is 0.0160. The highest BCUT2D eigenvalue weighted by Gasteiger charge is 2.15. The van der Waals surface area contributed by atoms with Gasteiger partial charge >= 0.3 is 0 Å². The van der Waals surface area contributed by atoms with Gasteiger partial charge in [-0.05, 0) is 38.0 Å². The first-order chi connectivity index (χ1) is 9.81. The van der Waals surface area contributed by atoms with E-state index in [4.69, 9.17) is 5.73 Å². The van der Waals surface area contributed by atoms with Gasteiger partial charge in [-0.3, -0.25) is 4.79 Å². The fourth-order valence-electron chi connectivity index (χ4n) is 2.13. The Kier molecular flexibility index (Phi) is 7.18. The number of nitrogens with two attached hydrogens (primary N) is 1. The zero-order valence-electron chi connectivity index (χ0n) is 13.3. The highest BCUT2D eigenvalue weighted by Crippen LogP contribution is 2.28. The number of nitrogens with zero attached hydrogens (tertiary/aromatic N) is 1. The summed E-state index contributed by atoms with van der Waals surface area (Å²) in [7, 11) is 3.93. The normalized spacial score (nSPS) is 13.6. The summed E-state index contributed by atoms with van der Waals surface area (Å²) >= 11 is 3.45. The van der Waals surface area contributed by atoms with Crippen molar-refractivity contribution in [3.8, 4) is 0 Å². The van der Waals surface area contributed by atoms with Crippen molar-refractivity contribution in [3.63, 3.8) is 0 Å². The second kappa shape index (κ2) is 8.39. The van der Waals surface area contributed by atoms with Crippen LogP contribution in [0.4, 0.5) is 11.4 Å². The largest absolute Gasteiger partial charge is 0.376 e. The third-order valence-electron chi connectivity index (χ3n) is 3.44. The van der Waals surface area contributed by atoms with Crippen molar-refractivity contribution in [1.29, 1.82) is 0 Å². The van der Waals surface area contributed by atoms with E-state index < -0.39 is 0 Å². The van der Waals surface area contributed by atoms with Gasteiger partial charge in [-0.25, -0.2) is 0 Å². The van der Waals surface area contributed by atoms with Crippen LogP contribution in [0.3, 0.4) is 0 Å². The molecule has 0 saturated carbocycles. The first-order valence-electron chi connectivity index (χ1n) is 7.34. The SMILES string of the molecule is CC(N)CCCC(C)C(=O)Nc1cc(Br)ccc1N(C)C. The van der Waals surface area contributed by atoms with Crippen LogP contribution < -0.4 is 16.0 Å². The number of halogens is 1. The molecule has 0 spiro atoms. The lowest BCUT2D eigenvalue weighted by molar-refractivity contribution is -0.119. The highest BCUT2D eigenvalue weighted by atomic mass is 79.9. The van der Waals surface area contributed by atoms with Gasteiger partial charge in [0.25, 0.3) is 0 Å². The van der Waals surface area contributed by atoms with Gasteiger partial charge in [0, 0.05) is 30.5 Å². The molecule has 21 heavy (non-hydrogen) atoms. The Balaban J connectivity index is 2.67. The summed E-state index contributed by atoms with van der Waals surface area (Å²) in [5.74, 6) is 0.0404. The van der Waals surface area contributed by atoms with Crippen LogP contribution in [0.25, 0.3) is 0 Å². The fourth-order valence-corrected chi connectivity index (χ4v) is 2.49. The maximum absolute atomic E-state index is 12.3. The lowest BCUT2D eigenvalue weighted by Crippen LogP contribution is -2.23. The topological polar surface area (TPSA) is 58.4 Å². The van der Waals surface area contributed by atoms with Gasteiger partial charge in [-0.15, -0.1) is 0 Å². The Morgan fingerprint density at radius 1 is 1.33 bits per heavy atom. The molecule has 1 rings (SSSR count). The second-order valence-corrected chi connectivity index (χ2v) is 6.77. The Morgan fingerprint density at radius 2 is 2.00 bits per heavy atom. The van der Waals surface area contributed by atoms with Crippen LogP contribution in [0.2, 0.25) is 0 Å². The number of anilines is 2. The molecule has 4 nitrogen and oxygen atoms in total. The Morgan fingerprint density at radius 3 is 2.57 bits per heavy atom. The van der Waals surface area contributed by atoms with Gasteiger partial charge in [-0.1, -0.05) is 29.3 Å². The molecule has 118 valence electrons. The second-order valence-electron chi connectivity index (χ2n) is 5.85. The van der Waals surface area contributed by atoms with Crippen molar-refractivity contribution in [2.45, 2.75) is 39.2 Å². The standard InChI is InChI=1S/C16H26BrN3O/c1-11(6-5-7-12(2)18)16(21)19-14-10-13(17)8-9-15(14)20(3)4/h8-12H,5-7,18H2,1-4H3,(H,19,21). The van der Waals surface area contributed by atoms with Crippen molar-refractivity contribution in [2.24, 2.45) is 11.7 Å². The summed E-state index contributed by atoms with van der Waals surface area (Å²) in [5, 5.41) is 3.03. The van der Waals surface area contributed by atoms with E-state index in [-0.39, 0.29) is 17.9 Å². The zero-order chi connectivity index (χ0) is 16.0. The first-order valence-corrected chi connectivity index (χ1v) is 8.14. The molecule has 0 saturated heterocycles. The predicted octanol–water partition coefficient (Wildman–Crippen LogP) is 3.61. The molecule has 0 bridgehead atoms. The summed E-state index contributed by atoms with van der Waals surface area (Å²) in [5.41, 5.74) is 7.56. The van der Waals surface area contributed by atoms with E-state index in [0.29, 0.717) is 0 Å². The van der Waals surface area contributed by atoms with E-state index in [1.807, 2.05) is 51.0 Å². The van der Waals surface area contributed by atoms with Crippen LogP contribution >= 0.6 is 15.9 Å². The lowest BCUT2D eigenvalue weighted by Gasteiger charge is -2.20. The molecular formula is C16H26BrN3O. The first kappa shape index (κ1) is 18.0. The maximum Gasteiger partial charge on any atom is 0.227 e. The number of benzene rings is 1. The summed E-state index contributed by atoms with van der Waals surface area (Å²) in [6, 6.07) is 6.09. The smallest absolute Gasteiger partial charge is 0.227 e. The average Bonchev–Trinajstić information content (AvgIpc) is 2.37. The summed E-state index contributed by atoms with van der Waals surface area (Å²) in [4.78, 5) is 14.3. The quantitative estimate of drug-likeness (QED) is 0.785. The average molecular weight is 356 g/mol. The Hall–Kier alpha value is -1.07. The van der Waals surface area contributed by atoms with E-state index in [1.54, 1.807) is 0 Å². The summed E-state index contributed by atoms with van der Waals surface area (Å²) < 4.78 is 0.952. The van der Waals surface area contributed by atoms with Crippen LogP contribution in [0, 0.1) is 5.92 Å². The molecule has 0 aliphatic carbocycles. The van der Waals surface area contributed by atoms with Gasteiger partial charge in [0.2, 0.25) is 5.91 Å². The van der Waals surface area contributed by atoms with Crippen LogP contribution in [-0.4, -0.2) is 26.0 Å². The molecule has 1 amide bonds. The Bertz CT molecular complexity index is 475. The van der Waals surface area contributed by atoms with Crippen LogP contribution in [0.5, 0.6) is 0 Å². The fraction of sp³-hybridized carbons (Fsp3) is 0.562. The number of rotatable bonds is 7. The molecule has 0 aromatic heterocycles. The highest BCUT2D eigenvalue weighted by molar-refractivity contribution is 9.10. The molecule has 0 aliphatic heterocycles. The third-order valence-corrected chi connectivity index (χ3v) is 3.94. The van der Waals surface area contributed by atoms with Crippen LogP contribution in [-0.2, 0) is 4.79 Å². The van der Waals surface area contributed by atoms with E-state index in [9.17, 15) is 4.79 Å². The number of amides is 1. The molecule has 5 heteroatoms. The van der Waals surface area contributed by atoms with E-state index in [1.165, 1.54) is 0 Å². The molecule has 2 unspecified atom stereocenters. The minimum atomic E-state index is -0.0160. The molecule has 0 radical (unpaired) electrons. The minimum Gasteiger partial charge on any atom is -0.376 e. The van der Waals surface area contributed by atoms with E-state index in [2.05, 4.69) is 21.2 Å². The monoisotopic (exact) mass is 355 g/mol. The van der Waals surface area contributed by atoms with Gasteiger partial charge < -0.3 is 16.0 Å². The maximum atomic E-state index is 12.3. The van der Waals surface area contributed by atoms with Gasteiger partial charge in [0.15, 0.2) is 0 Å². The third kappa shape index (κ3) is 6.06. The van der Waals surface area contributed by atoms with Gasteiger partial charge in [-0.2, -0.15) is 0 Å². The summed E-state index contributed by atoms with van der Waals surface area (Å²) in [6.07, 6.45) is 2.79. The molecule has 0 heterocycles. The lowest BCUT2D eigenvalue weighted by atomic mass is 10.0.